The Balaban J connectivity index is 2.45. The van der Waals surface area contributed by atoms with Gasteiger partial charge in [0.15, 0.2) is 0 Å². The topological polar surface area (TPSA) is 25.2 Å². The van der Waals surface area contributed by atoms with Crippen LogP contribution in [0, 0.1) is 5.41 Å². The first-order valence-corrected chi connectivity index (χ1v) is 4.58. The van der Waals surface area contributed by atoms with E-state index in [0.29, 0.717) is 5.92 Å². The van der Waals surface area contributed by atoms with E-state index < -0.39 is 0 Å². The molecule has 1 aromatic rings. The minimum Gasteiger partial charge on any atom is -0.259 e. The Kier molecular flexibility index (Phi) is 1.72. The van der Waals surface area contributed by atoms with Gasteiger partial charge in [0.1, 0.15) is 0 Å². The van der Waals surface area contributed by atoms with Gasteiger partial charge in [-0.1, -0.05) is 20.8 Å². The van der Waals surface area contributed by atoms with Crippen molar-refractivity contribution < 1.29 is 0 Å². The fourth-order valence-corrected chi connectivity index (χ4v) is 1.62. The van der Waals surface area contributed by atoms with Crippen LogP contribution in [0.25, 0.3) is 0 Å². The lowest BCUT2D eigenvalue weighted by Gasteiger charge is -2.24. The van der Waals surface area contributed by atoms with E-state index in [1.54, 1.807) is 0 Å². The lowest BCUT2D eigenvalue weighted by Crippen LogP contribution is -2.18. The molecule has 0 fully saturated rings. The maximum Gasteiger partial charge on any atom is 0.0848 e. The van der Waals surface area contributed by atoms with Gasteiger partial charge in [0, 0.05) is 18.3 Å². The third-order valence-corrected chi connectivity index (χ3v) is 2.41. The van der Waals surface area contributed by atoms with Gasteiger partial charge in [-0.15, -0.1) is 0 Å². The molecule has 1 aliphatic rings. The molecule has 2 rings (SSSR count). The monoisotopic (exact) mass is 174 g/mol. The molecule has 0 aromatic carbocycles. The van der Waals surface area contributed by atoms with Crippen molar-refractivity contribution in [3.8, 4) is 0 Å². The summed E-state index contributed by atoms with van der Waals surface area (Å²) in [5.74, 6) is 0.365. The summed E-state index contributed by atoms with van der Waals surface area (Å²) in [6, 6.07) is 3.95. The summed E-state index contributed by atoms with van der Waals surface area (Å²) in [5.41, 5.74) is 2.36. The summed E-state index contributed by atoms with van der Waals surface area (Å²) in [6.07, 6.45) is 3.85. The first kappa shape index (κ1) is 8.42. The molecule has 0 bridgehead atoms. The second-order valence-corrected chi connectivity index (χ2v) is 4.53. The van der Waals surface area contributed by atoms with E-state index in [9.17, 15) is 0 Å². The lowest BCUT2D eigenvalue weighted by atomic mass is 9.80. The quantitative estimate of drug-likeness (QED) is 0.593. The van der Waals surface area contributed by atoms with Gasteiger partial charge >= 0.3 is 0 Å². The van der Waals surface area contributed by atoms with E-state index in [4.69, 9.17) is 0 Å². The summed E-state index contributed by atoms with van der Waals surface area (Å²) in [5, 5.41) is 0. The van der Waals surface area contributed by atoms with Crippen LogP contribution in [-0.4, -0.2) is 11.2 Å². The number of nitrogens with zero attached hydrogens (tertiary/aromatic N) is 2. The number of pyridine rings is 1. The van der Waals surface area contributed by atoms with Crippen molar-refractivity contribution in [1.29, 1.82) is 0 Å². The third-order valence-electron chi connectivity index (χ3n) is 2.41. The molecule has 0 saturated carbocycles. The van der Waals surface area contributed by atoms with Crippen molar-refractivity contribution in [2.75, 3.05) is 0 Å². The number of fused-ring (bicyclic) bond motifs is 1. The largest absolute Gasteiger partial charge is 0.259 e. The number of rotatable bonds is 0. The highest BCUT2D eigenvalue weighted by Gasteiger charge is 2.30. The molecular weight excluding hydrogens is 160 g/mol. The zero-order chi connectivity index (χ0) is 9.47. The van der Waals surface area contributed by atoms with Crippen LogP contribution in [0.5, 0.6) is 0 Å². The van der Waals surface area contributed by atoms with E-state index in [0.717, 1.165) is 11.4 Å². The van der Waals surface area contributed by atoms with Gasteiger partial charge in [0.25, 0.3) is 0 Å². The van der Waals surface area contributed by atoms with Gasteiger partial charge in [-0.3, -0.25) is 9.98 Å². The van der Waals surface area contributed by atoms with Crippen LogP contribution in [0.2, 0.25) is 0 Å². The molecule has 1 aliphatic heterocycles. The fraction of sp³-hybridized carbons (Fsp3) is 0.455. The van der Waals surface area contributed by atoms with E-state index in [2.05, 4.69) is 30.7 Å². The normalized spacial score (nSPS) is 20.4. The van der Waals surface area contributed by atoms with E-state index in [-0.39, 0.29) is 5.41 Å². The second-order valence-electron chi connectivity index (χ2n) is 4.53. The summed E-state index contributed by atoms with van der Waals surface area (Å²) in [4.78, 5) is 8.74. The van der Waals surface area contributed by atoms with Crippen LogP contribution >= 0.6 is 0 Å². The molecule has 2 nitrogen and oxygen atoms in total. The Labute approximate surface area is 78.7 Å². The smallest absolute Gasteiger partial charge is 0.0848 e. The van der Waals surface area contributed by atoms with Gasteiger partial charge in [0.05, 0.1) is 11.4 Å². The van der Waals surface area contributed by atoms with Crippen LogP contribution in [0.4, 0.5) is 5.69 Å². The Bertz CT molecular complexity index is 347. The summed E-state index contributed by atoms with van der Waals surface area (Å²) in [6.45, 7) is 6.65. The predicted octanol–water partition coefficient (Wildman–Crippen LogP) is 2.93. The number of aromatic nitrogens is 1. The first-order valence-electron chi connectivity index (χ1n) is 4.58. The average molecular weight is 174 g/mol. The van der Waals surface area contributed by atoms with Crippen LogP contribution < -0.4 is 0 Å². The van der Waals surface area contributed by atoms with Crippen LogP contribution in [0.3, 0.4) is 0 Å². The average Bonchev–Trinajstić information content (AvgIpc) is 2.45. The van der Waals surface area contributed by atoms with Crippen molar-refractivity contribution in [2.45, 2.75) is 26.7 Å². The van der Waals surface area contributed by atoms with E-state index >= 15 is 0 Å². The molecule has 2 heterocycles. The molecule has 0 amide bonds. The SMILES string of the molecule is CC(C)(C)C1C=Nc2cccnc21. The molecule has 1 aromatic heterocycles. The van der Waals surface area contributed by atoms with Crippen molar-refractivity contribution in [2.24, 2.45) is 10.4 Å². The van der Waals surface area contributed by atoms with E-state index in [1.165, 1.54) is 0 Å². The van der Waals surface area contributed by atoms with Gasteiger partial charge in [0.2, 0.25) is 0 Å². The van der Waals surface area contributed by atoms with Gasteiger partial charge in [-0.2, -0.15) is 0 Å². The number of hydrogen-bond acceptors (Lipinski definition) is 2. The van der Waals surface area contributed by atoms with Crippen LogP contribution in [0.1, 0.15) is 32.4 Å². The second kappa shape index (κ2) is 2.66. The van der Waals surface area contributed by atoms with Crippen molar-refractivity contribution in [3.63, 3.8) is 0 Å². The Morgan fingerprint density at radius 2 is 2.08 bits per heavy atom. The molecule has 0 aliphatic carbocycles. The zero-order valence-corrected chi connectivity index (χ0v) is 8.28. The number of aliphatic imine (C=N–C) groups is 1. The minimum absolute atomic E-state index is 0.211. The molecule has 68 valence electrons. The zero-order valence-electron chi connectivity index (χ0n) is 8.28. The van der Waals surface area contributed by atoms with Gasteiger partial charge < -0.3 is 0 Å². The highest BCUT2D eigenvalue weighted by molar-refractivity contribution is 5.79. The number of hydrogen-bond donors (Lipinski definition) is 0. The Morgan fingerprint density at radius 1 is 1.31 bits per heavy atom. The first-order chi connectivity index (χ1) is 6.09. The summed E-state index contributed by atoms with van der Waals surface area (Å²) < 4.78 is 0. The molecule has 0 N–H and O–H groups in total. The maximum atomic E-state index is 4.38. The molecule has 1 unspecified atom stereocenters. The summed E-state index contributed by atoms with van der Waals surface area (Å²) >= 11 is 0. The van der Waals surface area contributed by atoms with Gasteiger partial charge in [-0.05, 0) is 17.5 Å². The molecule has 0 spiro atoms. The van der Waals surface area contributed by atoms with E-state index in [1.807, 2.05) is 24.5 Å². The van der Waals surface area contributed by atoms with Crippen LogP contribution in [0.15, 0.2) is 23.3 Å². The van der Waals surface area contributed by atoms with Crippen molar-refractivity contribution >= 4 is 11.9 Å². The molecular formula is C11H14N2. The third kappa shape index (κ3) is 1.37. The van der Waals surface area contributed by atoms with Crippen LogP contribution in [-0.2, 0) is 0 Å². The predicted molar refractivity (Wildman–Crippen MR) is 54.6 cm³/mol. The molecule has 2 heteroatoms. The fourth-order valence-electron chi connectivity index (χ4n) is 1.62. The molecule has 1 atom stereocenters. The highest BCUT2D eigenvalue weighted by atomic mass is 14.9. The Morgan fingerprint density at radius 3 is 2.77 bits per heavy atom. The van der Waals surface area contributed by atoms with Gasteiger partial charge in [-0.25, -0.2) is 0 Å². The maximum absolute atomic E-state index is 4.38. The minimum atomic E-state index is 0.211. The standard InChI is InChI=1S/C11H14N2/c1-11(2,3)8-7-13-9-5-4-6-12-10(8)9/h4-8H,1-3H3. The van der Waals surface area contributed by atoms with Crippen molar-refractivity contribution in [1.82, 2.24) is 4.98 Å². The lowest BCUT2D eigenvalue weighted by molar-refractivity contribution is 0.386. The molecule has 0 saturated heterocycles. The molecule has 13 heavy (non-hydrogen) atoms. The Hall–Kier alpha value is -1.18. The highest BCUT2D eigenvalue weighted by Crippen LogP contribution is 2.40. The molecule has 0 radical (unpaired) electrons. The van der Waals surface area contributed by atoms with Crippen molar-refractivity contribution in [3.05, 3.63) is 24.0 Å². The summed E-state index contributed by atoms with van der Waals surface area (Å²) in [7, 11) is 0.